The zero-order valence-electron chi connectivity index (χ0n) is 9.64. The molecule has 1 fully saturated rings. The van der Waals surface area contributed by atoms with Crippen molar-refractivity contribution in [2.24, 2.45) is 11.7 Å². The average molecular weight is 266 g/mol. The number of nitrogens with two attached hydrogens (primary N) is 1. The van der Waals surface area contributed by atoms with Gasteiger partial charge in [-0.1, -0.05) is 7.60 Å². The average Bonchev–Trinajstić information content (AvgIpc) is 2.01. The van der Waals surface area contributed by atoms with E-state index in [0.717, 1.165) is 0 Å². The van der Waals surface area contributed by atoms with Crippen molar-refractivity contribution in [1.82, 2.24) is 5.32 Å². The van der Waals surface area contributed by atoms with Crippen LogP contribution in [0.1, 0.15) is 12.8 Å². The van der Waals surface area contributed by atoms with Gasteiger partial charge in [0.1, 0.15) is 0 Å². The summed E-state index contributed by atoms with van der Waals surface area (Å²) in [4.78, 5) is 31.8. The van der Waals surface area contributed by atoms with Gasteiger partial charge >= 0.3 is 59.1 Å². The molecule has 0 bridgehead atoms. The van der Waals surface area contributed by atoms with Crippen LogP contribution in [0.3, 0.4) is 0 Å². The minimum absolute atomic E-state index is 0. The summed E-state index contributed by atoms with van der Waals surface area (Å²) in [6.07, 6.45) is 0.556. The topological polar surface area (TPSA) is 118 Å². The summed E-state index contributed by atoms with van der Waals surface area (Å²) in [6, 6.07) is -0.500. The molecule has 0 aromatic carbocycles. The molecule has 0 aliphatic carbocycles. The molecular weight excluding hydrogens is 253 g/mol. The first-order valence-corrected chi connectivity index (χ1v) is 6.15. The first kappa shape index (κ1) is 19.9. The third kappa shape index (κ3) is 7.82. The van der Waals surface area contributed by atoms with Crippen molar-refractivity contribution in [2.75, 3.05) is 12.7 Å². The largest absolute Gasteiger partial charge is 1.00 e. The number of carbonyl (C=O) groups excluding carboxylic acids is 1. The van der Waals surface area contributed by atoms with Crippen LogP contribution < -0.4 is 80.0 Å². The number of carbonyl (C=O) groups is 1. The van der Waals surface area contributed by atoms with Crippen LogP contribution in [-0.2, 0) is 9.36 Å². The van der Waals surface area contributed by atoms with Gasteiger partial charge < -0.3 is 25.4 Å². The molecule has 0 unspecified atom stereocenters. The van der Waals surface area contributed by atoms with E-state index in [9.17, 15) is 19.1 Å². The summed E-state index contributed by atoms with van der Waals surface area (Å²) in [5, 5.41) is 2.87. The van der Waals surface area contributed by atoms with Crippen molar-refractivity contribution < 1.29 is 78.3 Å². The minimum atomic E-state index is -4.47. The predicted octanol–water partition coefficient (Wildman–Crippen LogP) is -8.24. The van der Waals surface area contributed by atoms with Gasteiger partial charge in [0.25, 0.3) is 0 Å². The van der Waals surface area contributed by atoms with Crippen molar-refractivity contribution in [2.45, 2.75) is 18.9 Å². The van der Waals surface area contributed by atoms with Gasteiger partial charge in [0.05, 0.1) is 6.04 Å². The van der Waals surface area contributed by atoms with Gasteiger partial charge in [-0.25, -0.2) is 0 Å². The molecule has 0 radical (unpaired) electrons. The fraction of sp³-hybridized carbons (Fsp3) is 0.857. The molecule has 3 N–H and O–H groups in total. The molecule has 0 aromatic heterocycles. The number of piperidine rings is 1. The molecule has 1 saturated heterocycles. The van der Waals surface area contributed by atoms with Crippen LogP contribution in [0.2, 0.25) is 0 Å². The van der Waals surface area contributed by atoms with Gasteiger partial charge in [-0.3, -0.25) is 4.79 Å². The summed E-state index contributed by atoms with van der Waals surface area (Å²) in [5.74, 6) is -0.740. The quantitative estimate of drug-likeness (QED) is 0.388. The molecule has 0 aromatic rings. The second-order valence-electron chi connectivity index (χ2n) is 3.59. The van der Waals surface area contributed by atoms with E-state index in [0.29, 0.717) is 19.4 Å². The zero-order chi connectivity index (χ0) is 10.8. The first-order valence-electron chi connectivity index (χ1n) is 4.42. The van der Waals surface area contributed by atoms with Crippen LogP contribution in [0, 0.1) is 5.92 Å². The van der Waals surface area contributed by atoms with E-state index >= 15 is 0 Å². The van der Waals surface area contributed by atoms with E-state index in [4.69, 9.17) is 5.73 Å². The normalized spacial score (nSPS) is 25.1. The molecule has 1 rings (SSSR count). The maximum Gasteiger partial charge on any atom is 1.00 e. The second-order valence-corrected chi connectivity index (χ2v) is 5.18. The third-order valence-electron chi connectivity index (χ3n) is 2.34. The Morgan fingerprint density at radius 1 is 1.44 bits per heavy atom. The summed E-state index contributed by atoms with van der Waals surface area (Å²) < 4.78 is 10.5. The number of amides is 1. The number of hydrogen-bond donors (Lipinski definition) is 2. The van der Waals surface area contributed by atoms with E-state index < -0.39 is 19.5 Å². The molecule has 1 aliphatic rings. The third-order valence-corrected chi connectivity index (χ3v) is 3.30. The number of nitrogens with one attached hydrogen (secondary N) is 1. The molecule has 6 nitrogen and oxygen atoms in total. The predicted molar refractivity (Wildman–Crippen MR) is 46.2 cm³/mol. The van der Waals surface area contributed by atoms with E-state index in [2.05, 4.69) is 5.32 Å². The molecule has 2 atom stereocenters. The molecule has 82 valence electrons. The summed E-state index contributed by atoms with van der Waals surface area (Å²) in [6.45, 7) is 0.526. The van der Waals surface area contributed by atoms with Gasteiger partial charge in [0.2, 0.25) is 5.91 Å². The molecule has 9 heteroatoms. The molecule has 0 saturated carbocycles. The Labute approximate surface area is 139 Å². The van der Waals surface area contributed by atoms with Crippen molar-refractivity contribution in [3.8, 4) is 0 Å². The molecule has 1 heterocycles. The first-order chi connectivity index (χ1) is 6.38. The Morgan fingerprint density at radius 2 is 2.00 bits per heavy atom. The van der Waals surface area contributed by atoms with Gasteiger partial charge in [0.15, 0.2) is 0 Å². The molecule has 1 aliphatic heterocycles. The molecule has 16 heavy (non-hydrogen) atoms. The van der Waals surface area contributed by atoms with E-state index in [-0.39, 0.29) is 71.2 Å². The zero-order valence-corrected chi connectivity index (χ0v) is 14.5. The van der Waals surface area contributed by atoms with E-state index in [1.165, 1.54) is 0 Å². The fourth-order valence-electron chi connectivity index (χ4n) is 1.70. The number of hydrogen-bond acceptors (Lipinski definition) is 5. The Kier molecular flexibility index (Phi) is 10.8. The van der Waals surface area contributed by atoms with Gasteiger partial charge in [-0.05, 0) is 31.5 Å². The molecule has 0 spiro atoms. The number of rotatable bonds is 3. The Morgan fingerprint density at radius 3 is 2.44 bits per heavy atom. The Bertz CT molecular complexity index is 273. The van der Waals surface area contributed by atoms with Crippen molar-refractivity contribution in [3.63, 3.8) is 0 Å². The molecular formula is C7H13N2Na2O4P. The maximum absolute atomic E-state index is 10.8. The number of primary amides is 1. The van der Waals surface area contributed by atoms with E-state index in [1.807, 2.05) is 0 Å². The van der Waals surface area contributed by atoms with E-state index in [1.54, 1.807) is 0 Å². The van der Waals surface area contributed by atoms with Crippen LogP contribution in [0.15, 0.2) is 0 Å². The van der Waals surface area contributed by atoms with Gasteiger partial charge in [-0.2, -0.15) is 0 Å². The van der Waals surface area contributed by atoms with Crippen molar-refractivity contribution >= 4 is 13.5 Å². The monoisotopic (exact) mass is 266 g/mol. The smallest absolute Gasteiger partial charge is 0.811 e. The minimum Gasteiger partial charge on any atom is -0.811 e. The molecule has 1 amide bonds. The Balaban J connectivity index is 0. The summed E-state index contributed by atoms with van der Waals surface area (Å²) in [7, 11) is -4.47. The summed E-state index contributed by atoms with van der Waals surface area (Å²) in [5.41, 5.74) is 5.07. The summed E-state index contributed by atoms with van der Waals surface area (Å²) >= 11 is 0. The standard InChI is InChI=1S/C7H15N2O4P.2Na/c8-7(10)6-3-5(1-2-9-6)4-14(11,12)13;;/h5-6,9H,1-4H2,(H2,8,10)(H2,11,12,13);;/q;2*+1/p-2/t5-,6+;;/m0../s1. The maximum atomic E-state index is 10.8. The van der Waals surface area contributed by atoms with Crippen molar-refractivity contribution in [1.29, 1.82) is 0 Å². The SMILES string of the molecule is NC(=O)[C@H]1C[C@@H](CP(=O)([O-])[O-])CCN1.[Na+].[Na+]. The van der Waals surface area contributed by atoms with Crippen LogP contribution in [0.4, 0.5) is 0 Å². The van der Waals surface area contributed by atoms with Crippen LogP contribution in [-0.4, -0.2) is 24.7 Å². The van der Waals surface area contributed by atoms with Gasteiger partial charge in [-0.15, -0.1) is 0 Å². The second kappa shape index (κ2) is 8.64. The Hall–Kier alpha value is 1.58. The van der Waals surface area contributed by atoms with Crippen molar-refractivity contribution in [3.05, 3.63) is 0 Å². The van der Waals surface area contributed by atoms with Crippen LogP contribution in [0.25, 0.3) is 0 Å². The van der Waals surface area contributed by atoms with Gasteiger partial charge in [0, 0.05) is 0 Å². The van der Waals surface area contributed by atoms with Crippen LogP contribution >= 0.6 is 7.60 Å². The fourth-order valence-corrected chi connectivity index (χ4v) is 2.66. The van der Waals surface area contributed by atoms with Crippen LogP contribution in [0.5, 0.6) is 0 Å².